The molecule has 0 spiro atoms. The number of rotatable bonds is 8. The minimum absolute atomic E-state index is 0.0817. The van der Waals surface area contributed by atoms with Crippen molar-refractivity contribution < 1.29 is 23.6 Å². The fraction of sp³-hybridized carbons (Fsp3) is 0.577. The van der Waals surface area contributed by atoms with E-state index in [4.69, 9.17) is 9.52 Å². The lowest BCUT2D eigenvalue weighted by Gasteiger charge is -2.28. The van der Waals surface area contributed by atoms with Gasteiger partial charge < -0.3 is 15.2 Å². The van der Waals surface area contributed by atoms with E-state index >= 15 is 0 Å². The van der Waals surface area contributed by atoms with Crippen molar-refractivity contribution in [3.05, 3.63) is 29.4 Å². The summed E-state index contributed by atoms with van der Waals surface area (Å²) < 4.78 is 27.4. The average Bonchev–Trinajstić information content (AvgIpc) is 3.28. The van der Waals surface area contributed by atoms with Gasteiger partial charge in [0.15, 0.2) is 0 Å². The second-order valence-corrected chi connectivity index (χ2v) is 13.9. The maximum absolute atomic E-state index is 13.5. The molecule has 1 heterocycles. The molecule has 1 aromatic carbocycles. The summed E-state index contributed by atoms with van der Waals surface area (Å²) in [4.78, 5) is 30.8. The van der Waals surface area contributed by atoms with E-state index in [0.29, 0.717) is 16.1 Å². The Balaban J connectivity index is 1.86. The van der Waals surface area contributed by atoms with Crippen LogP contribution in [0.4, 0.5) is 15.3 Å². The Bertz CT molecular complexity index is 1220. The molecule has 3 rings (SSSR count). The molecule has 0 radical (unpaired) electrons. The molecule has 2 amide bonds. The van der Waals surface area contributed by atoms with Crippen molar-refractivity contribution >= 4 is 38.9 Å². The van der Waals surface area contributed by atoms with Gasteiger partial charge in [0.25, 0.3) is 0 Å². The molecule has 3 N–H and O–H groups in total. The molecular formula is C26H38N4O5S2. The third-order valence-electron chi connectivity index (χ3n) is 6.49. The van der Waals surface area contributed by atoms with E-state index in [2.05, 4.69) is 10.3 Å². The van der Waals surface area contributed by atoms with Crippen LogP contribution in [-0.2, 0) is 14.5 Å². The summed E-state index contributed by atoms with van der Waals surface area (Å²) >= 11 is 1.52. The number of ether oxygens (including phenoxy) is 1. The van der Waals surface area contributed by atoms with Crippen LogP contribution in [-0.4, -0.2) is 49.9 Å². The second kappa shape index (κ2) is 11.8. The first-order valence-electron chi connectivity index (χ1n) is 12.7. The smallest absolute Gasteiger partial charge is 0.412 e. The summed E-state index contributed by atoms with van der Waals surface area (Å²) in [7, 11) is -3.20. The largest absolute Gasteiger partial charge is 0.465 e. The molecule has 1 unspecified atom stereocenters. The number of carbonyl (C=O) groups excluding carboxylic acids is 1. The van der Waals surface area contributed by atoms with Crippen molar-refractivity contribution in [1.82, 2.24) is 10.3 Å². The zero-order valence-corrected chi connectivity index (χ0v) is 23.9. The van der Waals surface area contributed by atoms with Gasteiger partial charge in [0, 0.05) is 40.7 Å². The van der Waals surface area contributed by atoms with Gasteiger partial charge in [0.05, 0.1) is 30.6 Å². The predicted octanol–water partition coefficient (Wildman–Crippen LogP) is 6.68. The van der Waals surface area contributed by atoms with Crippen LogP contribution in [0, 0.1) is 4.78 Å². The number of benzene rings is 1. The molecule has 1 aliphatic rings. The van der Waals surface area contributed by atoms with Gasteiger partial charge in [0.2, 0.25) is 0 Å². The first kappa shape index (κ1) is 28.9. The zero-order chi connectivity index (χ0) is 27.5. The Hall–Kier alpha value is -2.66. The Kier molecular flexibility index (Phi) is 9.22. The van der Waals surface area contributed by atoms with E-state index in [0.717, 1.165) is 35.6 Å². The summed E-state index contributed by atoms with van der Waals surface area (Å²) in [5, 5.41) is 13.2. The van der Waals surface area contributed by atoms with Gasteiger partial charge in [-0.1, -0.05) is 6.07 Å². The molecule has 204 valence electrons. The fourth-order valence-corrected chi connectivity index (χ4v) is 7.00. The lowest BCUT2D eigenvalue weighted by molar-refractivity contribution is 0.109. The van der Waals surface area contributed by atoms with Gasteiger partial charge in [-0.15, -0.1) is 11.3 Å². The molecule has 1 saturated carbocycles. The molecule has 11 heteroatoms. The summed E-state index contributed by atoms with van der Waals surface area (Å²) in [6.45, 7) is 10.7. The van der Waals surface area contributed by atoms with Crippen LogP contribution in [0.5, 0.6) is 0 Å². The summed E-state index contributed by atoms with van der Waals surface area (Å²) in [6, 6.07) is 4.82. The summed E-state index contributed by atoms with van der Waals surface area (Å²) in [5.74, 6) is 0.259. The van der Waals surface area contributed by atoms with Crippen molar-refractivity contribution in [2.75, 3.05) is 4.90 Å². The molecule has 37 heavy (non-hydrogen) atoms. The maximum Gasteiger partial charge on any atom is 0.412 e. The Morgan fingerprint density at radius 1 is 1.16 bits per heavy atom. The van der Waals surface area contributed by atoms with E-state index in [1.807, 2.05) is 13.8 Å². The van der Waals surface area contributed by atoms with E-state index < -0.39 is 21.1 Å². The van der Waals surface area contributed by atoms with Crippen LogP contribution in [0.25, 0.3) is 10.4 Å². The monoisotopic (exact) mass is 550 g/mol. The normalized spacial score (nSPS) is 19.6. The van der Waals surface area contributed by atoms with Crippen molar-refractivity contribution in [3.8, 4) is 10.4 Å². The molecule has 0 saturated heterocycles. The van der Waals surface area contributed by atoms with Crippen LogP contribution in [0.1, 0.15) is 78.2 Å². The van der Waals surface area contributed by atoms with Crippen molar-refractivity contribution in [1.29, 1.82) is 4.78 Å². The number of nitrogens with zero attached hydrogens (tertiary/aromatic N) is 2. The Morgan fingerprint density at radius 2 is 1.81 bits per heavy atom. The van der Waals surface area contributed by atoms with Crippen LogP contribution in [0.15, 0.2) is 29.3 Å². The molecule has 1 fully saturated rings. The van der Waals surface area contributed by atoms with E-state index in [1.165, 1.54) is 16.2 Å². The lowest BCUT2D eigenvalue weighted by Crippen LogP contribution is -2.38. The molecule has 0 bridgehead atoms. The molecular weight excluding hydrogens is 512 g/mol. The third-order valence-corrected chi connectivity index (χ3v) is 10.00. The number of nitrogens with one attached hydrogen (secondary N) is 2. The number of carbonyl (C=O) groups is 2. The Labute approximate surface area is 223 Å². The molecule has 1 aromatic heterocycles. The molecule has 1 aliphatic carbocycles. The van der Waals surface area contributed by atoms with Crippen molar-refractivity contribution in [2.45, 2.75) is 101 Å². The van der Waals surface area contributed by atoms with Gasteiger partial charge in [0.1, 0.15) is 0 Å². The van der Waals surface area contributed by atoms with Gasteiger partial charge in [-0.25, -0.2) is 23.6 Å². The highest BCUT2D eigenvalue weighted by Gasteiger charge is 2.28. The van der Waals surface area contributed by atoms with Crippen LogP contribution in [0.3, 0.4) is 0 Å². The summed E-state index contributed by atoms with van der Waals surface area (Å²) in [6.07, 6.45) is 3.56. The number of amides is 2. The Morgan fingerprint density at radius 3 is 2.35 bits per heavy atom. The molecule has 2 aromatic rings. The SMILES string of the molecule is CC(C)OC(=O)NC1CCC(c2ncc(-c3ccc(N(C(=O)O)C(C)C)cc3S(=N)(=O)C(C)C)s2)CC1. The number of aromatic nitrogens is 1. The predicted molar refractivity (Wildman–Crippen MR) is 147 cm³/mol. The number of carboxylic acid groups (broad SMARTS) is 1. The highest BCUT2D eigenvalue weighted by Crippen LogP contribution is 2.41. The molecule has 9 nitrogen and oxygen atoms in total. The standard InChI is InChI=1S/C26H38N4O5S2/c1-15(2)30(26(32)33)20-11-12-21(23(13-20)37(27,34)17(5)6)22-14-28-24(36-22)18-7-9-19(10-8-18)29-25(31)35-16(3)4/h11-19,27H,7-10H2,1-6H3,(H,29,31)(H,32,33). The van der Waals surface area contributed by atoms with Gasteiger partial charge in [-0.2, -0.15) is 0 Å². The third kappa shape index (κ3) is 6.81. The molecule has 1 atom stereocenters. The zero-order valence-electron chi connectivity index (χ0n) is 22.3. The highest BCUT2D eigenvalue weighted by atomic mass is 32.2. The van der Waals surface area contributed by atoms with E-state index in [-0.39, 0.29) is 30.2 Å². The average molecular weight is 551 g/mol. The number of hydrogen-bond acceptors (Lipinski definition) is 7. The first-order chi connectivity index (χ1) is 17.3. The van der Waals surface area contributed by atoms with Gasteiger partial charge in [-0.3, -0.25) is 4.90 Å². The fourth-order valence-electron chi connectivity index (χ4n) is 4.50. The minimum Gasteiger partial charge on any atom is -0.465 e. The van der Waals surface area contributed by atoms with Crippen molar-refractivity contribution in [3.63, 3.8) is 0 Å². The summed E-state index contributed by atoms with van der Waals surface area (Å²) in [5.41, 5.74) is 1.05. The molecule has 0 aliphatic heterocycles. The van der Waals surface area contributed by atoms with E-state index in [1.54, 1.807) is 52.1 Å². The first-order valence-corrected chi connectivity index (χ1v) is 15.1. The van der Waals surface area contributed by atoms with Gasteiger partial charge >= 0.3 is 12.2 Å². The quantitative estimate of drug-likeness (QED) is 0.336. The maximum atomic E-state index is 13.5. The van der Waals surface area contributed by atoms with Crippen LogP contribution >= 0.6 is 11.3 Å². The van der Waals surface area contributed by atoms with E-state index in [9.17, 15) is 18.9 Å². The number of anilines is 1. The topological polar surface area (TPSA) is 133 Å². The number of thiazole rings is 1. The number of alkyl carbamates (subject to hydrolysis) is 1. The minimum atomic E-state index is -3.20. The highest BCUT2D eigenvalue weighted by molar-refractivity contribution is 7.93. The van der Waals surface area contributed by atoms with Crippen LogP contribution in [0.2, 0.25) is 0 Å². The van der Waals surface area contributed by atoms with Crippen LogP contribution < -0.4 is 10.2 Å². The van der Waals surface area contributed by atoms with Crippen molar-refractivity contribution in [2.24, 2.45) is 0 Å². The number of hydrogen-bond donors (Lipinski definition) is 3. The lowest BCUT2D eigenvalue weighted by atomic mass is 9.86. The van der Waals surface area contributed by atoms with Gasteiger partial charge in [-0.05, 0) is 79.4 Å². The second-order valence-electron chi connectivity index (χ2n) is 10.3.